The van der Waals surface area contributed by atoms with Crippen LogP contribution in [-0.4, -0.2) is 81.6 Å². The Morgan fingerprint density at radius 3 is 2.49 bits per heavy atom. The van der Waals surface area contributed by atoms with E-state index in [1.165, 1.54) is 12.8 Å². The Labute approximate surface area is 327 Å². The third-order valence-corrected chi connectivity index (χ3v) is 11.3. The number of carbonyl (C=O) groups is 2. The molecule has 13 heteroatoms. The number of rotatable bonds is 14. The second-order valence-corrected chi connectivity index (χ2v) is 16.2. The molecule has 1 saturated carbocycles. The lowest BCUT2D eigenvalue weighted by Crippen LogP contribution is -2.43. The number of nitrogens with one attached hydrogen (secondary N) is 3. The first kappa shape index (κ1) is 41.5. The molecule has 1 aliphatic carbocycles. The molecule has 13 nitrogen and oxygen atoms in total. The standard InChI is InChI=1S/C24H27N7O.C18H35N3O2/c1-4-19-22-18(12-25)27-14-30(22)20-13-26-24(28-17-10-9-15(2)11-21(17)32-3)29-23(20)31(19)16-7-5-6-8-16;1-5-16(18(2,3)4)20-17(23)8-6-7-11-21-12-9-15(10-13-21)19-14-22/h9-11,13-14,16,19H,4-8H2,1-3H3,(H,26,28,29);14-16H,5-13H2,1-4H3,(H,19,22)(H,20,23). The maximum atomic E-state index is 12.1. The van der Waals surface area contributed by atoms with Crippen molar-refractivity contribution in [2.45, 2.75) is 136 Å². The van der Waals surface area contributed by atoms with E-state index >= 15 is 0 Å². The van der Waals surface area contributed by atoms with E-state index in [-0.39, 0.29) is 23.4 Å². The van der Waals surface area contributed by atoms with Crippen molar-refractivity contribution in [2.24, 2.45) is 5.41 Å². The van der Waals surface area contributed by atoms with Gasteiger partial charge in [0, 0.05) is 37.6 Å². The minimum Gasteiger partial charge on any atom is -0.495 e. The van der Waals surface area contributed by atoms with Gasteiger partial charge in [0.25, 0.3) is 0 Å². The second kappa shape index (κ2) is 19.2. The molecule has 0 radical (unpaired) electrons. The molecule has 2 amide bonds. The van der Waals surface area contributed by atoms with E-state index in [1.54, 1.807) is 13.4 Å². The molecule has 3 aromatic rings. The van der Waals surface area contributed by atoms with Crippen molar-refractivity contribution in [3.05, 3.63) is 47.7 Å². The molecule has 0 spiro atoms. The molecule has 2 unspecified atom stereocenters. The molecular weight excluding hydrogens is 693 g/mol. The number of likely N-dealkylation sites (tertiary alicyclic amines) is 1. The molecule has 1 saturated heterocycles. The number of anilines is 3. The van der Waals surface area contributed by atoms with Crippen molar-refractivity contribution in [3.63, 3.8) is 0 Å². The zero-order valence-corrected chi connectivity index (χ0v) is 34.0. The summed E-state index contributed by atoms with van der Waals surface area (Å²) in [5, 5.41) is 19.0. The normalized spacial score (nSPS) is 17.9. The predicted molar refractivity (Wildman–Crippen MR) is 217 cm³/mol. The number of unbranched alkanes of at least 4 members (excludes halogenated alkanes) is 1. The molecular formula is C42H62N10O3. The molecule has 0 bridgehead atoms. The van der Waals surface area contributed by atoms with Crippen molar-refractivity contribution in [1.29, 1.82) is 5.26 Å². The largest absolute Gasteiger partial charge is 0.495 e. The monoisotopic (exact) mass is 755 g/mol. The Morgan fingerprint density at radius 1 is 1.11 bits per heavy atom. The summed E-state index contributed by atoms with van der Waals surface area (Å²) in [5.74, 6) is 2.34. The fraction of sp³-hybridized carbons (Fsp3) is 0.619. The number of aryl methyl sites for hydroxylation is 1. The number of aromatic nitrogens is 4. The number of ether oxygens (including phenoxy) is 1. The molecule has 3 aliphatic rings. The highest BCUT2D eigenvalue weighted by molar-refractivity contribution is 5.76. The first-order valence-electron chi connectivity index (χ1n) is 20.3. The smallest absolute Gasteiger partial charge is 0.229 e. The summed E-state index contributed by atoms with van der Waals surface area (Å²) in [5.41, 5.74) is 4.36. The molecule has 55 heavy (non-hydrogen) atoms. The van der Waals surface area contributed by atoms with E-state index in [4.69, 9.17) is 9.72 Å². The van der Waals surface area contributed by atoms with Gasteiger partial charge >= 0.3 is 0 Å². The fourth-order valence-corrected chi connectivity index (χ4v) is 8.28. The number of amides is 2. The molecule has 2 fully saturated rings. The van der Waals surface area contributed by atoms with Gasteiger partial charge in [0.2, 0.25) is 18.3 Å². The maximum Gasteiger partial charge on any atom is 0.229 e. The van der Waals surface area contributed by atoms with Crippen molar-refractivity contribution < 1.29 is 14.3 Å². The van der Waals surface area contributed by atoms with E-state index in [9.17, 15) is 14.9 Å². The Bertz CT molecular complexity index is 1770. The topological polar surface area (TPSA) is 153 Å². The Hall–Kier alpha value is -4.70. The number of piperidine rings is 1. The van der Waals surface area contributed by atoms with Gasteiger partial charge < -0.3 is 30.5 Å². The van der Waals surface area contributed by atoms with Crippen molar-refractivity contribution in [2.75, 3.05) is 37.0 Å². The van der Waals surface area contributed by atoms with E-state index < -0.39 is 0 Å². The summed E-state index contributed by atoms with van der Waals surface area (Å²) >= 11 is 0. The van der Waals surface area contributed by atoms with E-state index in [0.717, 1.165) is 112 Å². The average molecular weight is 755 g/mol. The third kappa shape index (κ3) is 10.3. The van der Waals surface area contributed by atoms with Gasteiger partial charge in [-0.1, -0.05) is 53.5 Å². The first-order valence-corrected chi connectivity index (χ1v) is 20.3. The summed E-state index contributed by atoms with van der Waals surface area (Å²) in [4.78, 5) is 41.3. The van der Waals surface area contributed by atoms with Gasteiger partial charge in [-0.25, -0.2) is 9.97 Å². The Balaban J connectivity index is 0.000000225. The summed E-state index contributed by atoms with van der Waals surface area (Å²) in [6.45, 7) is 16.0. The molecule has 1 aromatic carbocycles. The predicted octanol–water partition coefficient (Wildman–Crippen LogP) is 7.12. The minimum absolute atomic E-state index is 0.0550. The molecule has 298 valence electrons. The van der Waals surface area contributed by atoms with Crippen LogP contribution in [-0.2, 0) is 9.59 Å². The highest BCUT2D eigenvalue weighted by Crippen LogP contribution is 2.44. The SMILES string of the molecule is CCC(NC(=O)CCCCN1CCC(NC=O)CC1)C(C)(C)C.CCC1c2c(C#N)ncn2-c2cnc(Nc3ccc(C)cc3OC)nc2N1C1CCCC1. The summed E-state index contributed by atoms with van der Waals surface area (Å²) < 4.78 is 7.53. The van der Waals surface area contributed by atoms with Gasteiger partial charge in [0.05, 0.1) is 30.7 Å². The van der Waals surface area contributed by atoms with Gasteiger partial charge in [-0.3, -0.25) is 14.2 Å². The van der Waals surface area contributed by atoms with Crippen molar-refractivity contribution in [3.8, 4) is 17.5 Å². The Morgan fingerprint density at radius 2 is 1.85 bits per heavy atom. The number of nitrogens with zero attached hydrogens (tertiary/aromatic N) is 7. The van der Waals surface area contributed by atoms with Crippen LogP contribution in [0.5, 0.6) is 5.75 Å². The highest BCUT2D eigenvalue weighted by Gasteiger charge is 2.39. The summed E-state index contributed by atoms with van der Waals surface area (Å²) in [6, 6.07) is 9.32. The van der Waals surface area contributed by atoms with Crippen LogP contribution in [0, 0.1) is 23.7 Å². The number of nitriles is 1. The van der Waals surface area contributed by atoms with Crippen LogP contribution in [0.3, 0.4) is 0 Å². The van der Waals surface area contributed by atoms with Gasteiger partial charge in [-0.15, -0.1) is 0 Å². The van der Waals surface area contributed by atoms with Gasteiger partial charge in [-0.2, -0.15) is 10.2 Å². The van der Waals surface area contributed by atoms with Crippen LogP contribution in [0.2, 0.25) is 0 Å². The van der Waals surface area contributed by atoms with E-state index in [0.29, 0.717) is 30.1 Å². The summed E-state index contributed by atoms with van der Waals surface area (Å²) in [6.07, 6.45) is 15.6. The van der Waals surface area contributed by atoms with Crippen LogP contribution in [0.1, 0.15) is 128 Å². The lowest BCUT2D eigenvalue weighted by Gasteiger charge is -2.41. The number of imidazole rings is 1. The second-order valence-electron chi connectivity index (χ2n) is 16.2. The molecule has 3 N–H and O–H groups in total. The number of hydrogen-bond donors (Lipinski definition) is 3. The van der Waals surface area contributed by atoms with Crippen LogP contribution >= 0.6 is 0 Å². The number of fused-ring (bicyclic) bond motifs is 3. The number of carbonyl (C=O) groups excluding carboxylic acids is 2. The molecule has 2 aromatic heterocycles. The van der Waals surface area contributed by atoms with Crippen LogP contribution in [0.25, 0.3) is 5.69 Å². The molecule has 2 atom stereocenters. The third-order valence-electron chi connectivity index (χ3n) is 11.3. The molecule has 2 aliphatic heterocycles. The fourth-order valence-electron chi connectivity index (χ4n) is 8.28. The first-order chi connectivity index (χ1) is 26.5. The average Bonchev–Trinajstić information content (AvgIpc) is 3.87. The number of hydrogen-bond acceptors (Lipinski definition) is 10. The van der Waals surface area contributed by atoms with Gasteiger partial charge in [-0.05, 0) is 87.9 Å². The van der Waals surface area contributed by atoms with Crippen LogP contribution < -0.4 is 25.6 Å². The number of methoxy groups -OCH3 is 1. The zero-order valence-electron chi connectivity index (χ0n) is 34.0. The van der Waals surface area contributed by atoms with Crippen LogP contribution in [0.15, 0.2) is 30.7 Å². The van der Waals surface area contributed by atoms with Gasteiger partial charge in [0.15, 0.2) is 11.5 Å². The van der Waals surface area contributed by atoms with Crippen LogP contribution in [0.4, 0.5) is 17.5 Å². The molecule has 6 rings (SSSR count). The summed E-state index contributed by atoms with van der Waals surface area (Å²) in [7, 11) is 1.66. The highest BCUT2D eigenvalue weighted by atomic mass is 16.5. The molecule has 4 heterocycles. The lowest BCUT2D eigenvalue weighted by atomic mass is 9.85. The zero-order chi connectivity index (χ0) is 39.5. The maximum absolute atomic E-state index is 12.1. The van der Waals surface area contributed by atoms with Gasteiger partial charge in [0.1, 0.15) is 23.8 Å². The van der Waals surface area contributed by atoms with Crippen molar-refractivity contribution >= 4 is 29.8 Å². The van der Waals surface area contributed by atoms with E-state index in [1.807, 2.05) is 35.9 Å². The Kier molecular flexibility index (Phi) is 14.5. The number of benzene rings is 1. The quantitative estimate of drug-likeness (QED) is 0.115. The van der Waals surface area contributed by atoms with Crippen molar-refractivity contribution in [1.82, 2.24) is 35.1 Å². The lowest BCUT2D eigenvalue weighted by molar-refractivity contribution is -0.122. The van der Waals surface area contributed by atoms with E-state index in [2.05, 4.69) is 76.4 Å². The minimum atomic E-state index is 0.0550.